The molecule has 1 N–H and O–H groups in total. The Bertz CT molecular complexity index is 194. The fourth-order valence-electron chi connectivity index (χ4n) is 1.59. The van der Waals surface area contributed by atoms with Gasteiger partial charge < -0.3 is 9.84 Å². The third-order valence-electron chi connectivity index (χ3n) is 2.63. The first-order chi connectivity index (χ1) is 6.08. The Hall–Kier alpha value is -0.340. The van der Waals surface area contributed by atoms with E-state index in [0.29, 0.717) is 0 Å². The Labute approximate surface area is 80.6 Å². The first-order valence-corrected chi connectivity index (χ1v) is 5.00. The fraction of sp³-hybridized carbons (Fsp3) is 0.818. The van der Waals surface area contributed by atoms with Crippen LogP contribution in [0.4, 0.5) is 0 Å². The Morgan fingerprint density at radius 2 is 2.23 bits per heavy atom. The molecule has 0 amide bonds. The minimum atomic E-state index is -0.0236. The topological polar surface area (TPSA) is 32.8 Å². The second-order valence-electron chi connectivity index (χ2n) is 4.28. The van der Waals surface area contributed by atoms with Crippen LogP contribution in [0, 0.1) is 0 Å². The van der Waals surface area contributed by atoms with Gasteiger partial charge in [0.1, 0.15) is 6.10 Å². The van der Waals surface area contributed by atoms with E-state index in [1.807, 2.05) is 0 Å². The molecule has 0 radical (unpaired) electrons. The highest BCUT2D eigenvalue weighted by atomic mass is 16.6. The summed E-state index contributed by atoms with van der Waals surface area (Å²) in [6.07, 6.45) is 5.68. The van der Waals surface area contributed by atoms with Gasteiger partial charge in [0.25, 0.3) is 0 Å². The summed E-state index contributed by atoms with van der Waals surface area (Å²) < 4.78 is 5.39. The Morgan fingerprint density at radius 3 is 2.69 bits per heavy atom. The average Bonchev–Trinajstić information content (AvgIpc) is 2.72. The molecule has 0 spiro atoms. The molecule has 2 heteroatoms. The van der Waals surface area contributed by atoms with Gasteiger partial charge in [-0.1, -0.05) is 11.6 Å². The van der Waals surface area contributed by atoms with E-state index in [-0.39, 0.29) is 18.3 Å². The highest BCUT2D eigenvalue weighted by Crippen LogP contribution is 2.40. The molecule has 1 aliphatic heterocycles. The van der Waals surface area contributed by atoms with Crippen molar-refractivity contribution in [1.29, 1.82) is 0 Å². The molecule has 1 fully saturated rings. The Kier molecular flexibility index (Phi) is 3.51. The number of epoxide rings is 1. The van der Waals surface area contributed by atoms with E-state index in [1.54, 1.807) is 0 Å². The van der Waals surface area contributed by atoms with Crippen molar-refractivity contribution in [3.05, 3.63) is 11.6 Å². The summed E-state index contributed by atoms with van der Waals surface area (Å²) in [5, 5.41) is 8.85. The standard InChI is InChI=1S/C11H20O2/c1-9(2)6-4-5-7-11(3)10(8-12)13-11/h6,10,12H,4-5,7-8H2,1-3H3/t10-,11-/m1/s1. The zero-order valence-corrected chi connectivity index (χ0v) is 8.84. The maximum atomic E-state index is 8.85. The first-order valence-electron chi connectivity index (χ1n) is 5.00. The summed E-state index contributed by atoms with van der Waals surface area (Å²) >= 11 is 0. The summed E-state index contributed by atoms with van der Waals surface area (Å²) in [4.78, 5) is 0. The third kappa shape index (κ3) is 3.12. The summed E-state index contributed by atoms with van der Waals surface area (Å²) in [5.41, 5.74) is 1.35. The minimum absolute atomic E-state index is 0.0236. The van der Waals surface area contributed by atoms with Gasteiger partial charge >= 0.3 is 0 Å². The van der Waals surface area contributed by atoms with Crippen molar-refractivity contribution in [2.24, 2.45) is 0 Å². The molecule has 0 saturated carbocycles. The zero-order chi connectivity index (χ0) is 9.90. The molecular weight excluding hydrogens is 164 g/mol. The average molecular weight is 184 g/mol. The number of unbranched alkanes of at least 4 members (excludes halogenated alkanes) is 1. The van der Waals surface area contributed by atoms with E-state index in [1.165, 1.54) is 5.57 Å². The van der Waals surface area contributed by atoms with Gasteiger partial charge in [0.15, 0.2) is 0 Å². The Morgan fingerprint density at radius 1 is 1.54 bits per heavy atom. The molecule has 2 nitrogen and oxygen atoms in total. The van der Waals surface area contributed by atoms with Crippen LogP contribution in [0.15, 0.2) is 11.6 Å². The normalized spacial score (nSPS) is 31.5. The summed E-state index contributed by atoms with van der Waals surface area (Å²) in [5.74, 6) is 0. The molecule has 1 saturated heterocycles. The molecule has 76 valence electrons. The molecule has 13 heavy (non-hydrogen) atoms. The summed E-state index contributed by atoms with van der Waals surface area (Å²) in [7, 11) is 0. The largest absolute Gasteiger partial charge is 0.394 e. The van der Waals surface area contributed by atoms with Crippen LogP contribution in [0.25, 0.3) is 0 Å². The Balaban J connectivity index is 2.11. The molecule has 1 aliphatic rings. The molecule has 1 heterocycles. The van der Waals surface area contributed by atoms with Crippen LogP contribution < -0.4 is 0 Å². The van der Waals surface area contributed by atoms with E-state index < -0.39 is 0 Å². The van der Waals surface area contributed by atoms with Gasteiger partial charge in [-0.25, -0.2) is 0 Å². The molecule has 0 aromatic heterocycles. The van der Waals surface area contributed by atoms with Crippen LogP contribution in [0.2, 0.25) is 0 Å². The van der Waals surface area contributed by atoms with Crippen LogP contribution in [0.3, 0.4) is 0 Å². The smallest absolute Gasteiger partial charge is 0.110 e. The lowest BCUT2D eigenvalue weighted by Gasteiger charge is -2.03. The van der Waals surface area contributed by atoms with E-state index in [0.717, 1.165) is 19.3 Å². The van der Waals surface area contributed by atoms with Crippen molar-refractivity contribution >= 4 is 0 Å². The third-order valence-corrected chi connectivity index (χ3v) is 2.63. The molecule has 0 unspecified atom stereocenters. The van der Waals surface area contributed by atoms with Gasteiger partial charge in [-0.3, -0.25) is 0 Å². The van der Waals surface area contributed by atoms with Gasteiger partial charge in [0.05, 0.1) is 12.2 Å². The second kappa shape index (κ2) is 4.25. The van der Waals surface area contributed by atoms with Crippen molar-refractivity contribution < 1.29 is 9.84 Å². The van der Waals surface area contributed by atoms with Gasteiger partial charge in [0.2, 0.25) is 0 Å². The number of allylic oxidation sites excluding steroid dienone is 2. The monoisotopic (exact) mass is 184 g/mol. The lowest BCUT2D eigenvalue weighted by Crippen LogP contribution is -2.11. The van der Waals surface area contributed by atoms with Crippen LogP contribution in [-0.4, -0.2) is 23.4 Å². The first kappa shape index (κ1) is 10.7. The zero-order valence-electron chi connectivity index (χ0n) is 8.84. The number of aliphatic hydroxyl groups excluding tert-OH is 1. The van der Waals surface area contributed by atoms with E-state index in [4.69, 9.17) is 9.84 Å². The lowest BCUT2D eigenvalue weighted by molar-refractivity contribution is 0.234. The highest BCUT2D eigenvalue weighted by Gasteiger charge is 2.50. The van der Waals surface area contributed by atoms with Gasteiger partial charge in [0, 0.05) is 0 Å². The molecule has 0 aromatic carbocycles. The highest BCUT2D eigenvalue weighted by molar-refractivity contribution is 4.99. The van der Waals surface area contributed by atoms with E-state index in [9.17, 15) is 0 Å². The van der Waals surface area contributed by atoms with Crippen molar-refractivity contribution in [2.45, 2.75) is 51.7 Å². The second-order valence-corrected chi connectivity index (χ2v) is 4.28. The van der Waals surface area contributed by atoms with Crippen LogP contribution in [-0.2, 0) is 4.74 Å². The van der Waals surface area contributed by atoms with Crippen LogP contribution >= 0.6 is 0 Å². The predicted octanol–water partition coefficient (Wildman–Crippen LogP) is 2.27. The maximum Gasteiger partial charge on any atom is 0.110 e. The summed E-state index contributed by atoms with van der Waals surface area (Å²) in [6, 6.07) is 0. The maximum absolute atomic E-state index is 8.85. The summed E-state index contributed by atoms with van der Waals surface area (Å²) in [6.45, 7) is 6.48. The van der Waals surface area contributed by atoms with Gasteiger partial charge in [-0.15, -0.1) is 0 Å². The van der Waals surface area contributed by atoms with Crippen molar-refractivity contribution in [2.75, 3.05) is 6.61 Å². The number of hydrogen-bond acceptors (Lipinski definition) is 2. The molecule has 1 rings (SSSR count). The van der Waals surface area contributed by atoms with Crippen LogP contribution in [0.1, 0.15) is 40.0 Å². The molecular formula is C11H20O2. The van der Waals surface area contributed by atoms with Crippen molar-refractivity contribution in [1.82, 2.24) is 0 Å². The number of rotatable bonds is 5. The van der Waals surface area contributed by atoms with Gasteiger partial charge in [-0.05, 0) is 40.0 Å². The minimum Gasteiger partial charge on any atom is -0.394 e. The van der Waals surface area contributed by atoms with E-state index >= 15 is 0 Å². The SMILES string of the molecule is CC(C)=CCCC[C@@]1(C)O[C@@H]1CO. The molecule has 0 bridgehead atoms. The van der Waals surface area contributed by atoms with Crippen molar-refractivity contribution in [3.63, 3.8) is 0 Å². The lowest BCUT2D eigenvalue weighted by atomic mass is 10.0. The van der Waals surface area contributed by atoms with Crippen molar-refractivity contribution in [3.8, 4) is 0 Å². The molecule has 0 aromatic rings. The van der Waals surface area contributed by atoms with Gasteiger partial charge in [-0.2, -0.15) is 0 Å². The number of aliphatic hydroxyl groups is 1. The number of hydrogen-bond donors (Lipinski definition) is 1. The van der Waals surface area contributed by atoms with E-state index in [2.05, 4.69) is 26.8 Å². The molecule has 0 aliphatic carbocycles. The number of ether oxygens (including phenoxy) is 1. The quantitative estimate of drug-likeness (QED) is 0.404. The van der Waals surface area contributed by atoms with Crippen LogP contribution in [0.5, 0.6) is 0 Å². The predicted molar refractivity (Wildman–Crippen MR) is 53.6 cm³/mol. The molecule has 2 atom stereocenters. The fourth-order valence-corrected chi connectivity index (χ4v) is 1.59.